The van der Waals surface area contributed by atoms with Gasteiger partial charge in [-0.15, -0.1) is 11.8 Å². The molecule has 0 unspecified atom stereocenters. The second-order valence-electron chi connectivity index (χ2n) is 7.94. The van der Waals surface area contributed by atoms with Crippen LogP contribution in [-0.2, 0) is 6.54 Å². The first kappa shape index (κ1) is 23.3. The molecule has 0 radical (unpaired) electrons. The summed E-state index contributed by atoms with van der Waals surface area (Å²) in [5.41, 5.74) is 2.57. The van der Waals surface area contributed by atoms with Crippen molar-refractivity contribution in [3.05, 3.63) is 53.1 Å². The second kappa shape index (κ2) is 9.17. The van der Waals surface area contributed by atoms with Crippen LogP contribution in [0, 0.1) is 0 Å². The zero-order valence-corrected chi connectivity index (χ0v) is 19.1. The van der Waals surface area contributed by atoms with Gasteiger partial charge in [-0.1, -0.05) is 12.1 Å². The number of halogens is 3. The average molecular weight is 480 g/mol. The lowest BCUT2D eigenvalue weighted by Crippen LogP contribution is -2.49. The normalized spacial score (nSPS) is 16.9. The first-order valence-corrected chi connectivity index (χ1v) is 11.8. The van der Waals surface area contributed by atoms with E-state index in [0.29, 0.717) is 38.3 Å². The molecule has 1 atom stereocenters. The van der Waals surface area contributed by atoms with Crippen LogP contribution < -0.4 is 15.0 Å². The van der Waals surface area contributed by atoms with Crippen molar-refractivity contribution in [3.8, 4) is 5.75 Å². The van der Waals surface area contributed by atoms with Crippen LogP contribution >= 0.6 is 11.8 Å². The van der Waals surface area contributed by atoms with Gasteiger partial charge in [-0.3, -0.25) is 9.59 Å². The Morgan fingerprint density at radius 1 is 1.15 bits per heavy atom. The van der Waals surface area contributed by atoms with Gasteiger partial charge >= 0.3 is 6.18 Å². The molecule has 176 valence electrons. The number of nitrogens with zero attached hydrogens (tertiary/aromatic N) is 2. The summed E-state index contributed by atoms with van der Waals surface area (Å²) in [6.07, 6.45) is -4.74. The fraction of sp³-hybridized carbons (Fsp3) is 0.391. The van der Waals surface area contributed by atoms with Crippen molar-refractivity contribution >= 4 is 29.3 Å². The molecule has 2 aromatic rings. The highest BCUT2D eigenvalue weighted by atomic mass is 32.2. The van der Waals surface area contributed by atoms with Gasteiger partial charge in [-0.05, 0) is 43.0 Å². The number of ether oxygens (including phenoxy) is 1. The number of thioether (sulfide) groups is 1. The number of alkyl halides is 3. The molecule has 1 N–H and O–H groups in total. The molecule has 6 nitrogen and oxygen atoms in total. The Labute approximate surface area is 194 Å². The maximum atomic E-state index is 13.3. The SMILES string of the molecule is CSc1ccc(O[C@@H](C)C(F)(F)F)c(C(=O)N2CCN(c3cccc4c3C(=O)NC4)CC2)c1. The van der Waals surface area contributed by atoms with Crippen molar-refractivity contribution < 1.29 is 27.5 Å². The summed E-state index contributed by atoms with van der Waals surface area (Å²) in [7, 11) is 0. The van der Waals surface area contributed by atoms with Crippen molar-refractivity contribution in [2.45, 2.75) is 30.6 Å². The molecule has 0 bridgehead atoms. The third-order valence-electron chi connectivity index (χ3n) is 5.88. The van der Waals surface area contributed by atoms with Crippen LogP contribution in [0.15, 0.2) is 41.3 Å². The van der Waals surface area contributed by atoms with E-state index in [9.17, 15) is 22.8 Å². The van der Waals surface area contributed by atoms with E-state index in [1.807, 2.05) is 24.5 Å². The highest BCUT2D eigenvalue weighted by molar-refractivity contribution is 7.98. The van der Waals surface area contributed by atoms with E-state index < -0.39 is 12.3 Å². The molecule has 2 heterocycles. The van der Waals surface area contributed by atoms with Crippen molar-refractivity contribution in [1.29, 1.82) is 0 Å². The standard InChI is InChI=1S/C23H24F3N3O3S/c1-14(23(24,25)26)32-19-7-6-16(33-2)12-17(19)22(31)29-10-8-28(9-11-29)18-5-3-4-15-13-27-21(30)20(15)18/h3-7,12,14H,8-11,13H2,1-2H3,(H,27,30)/t14-/m0/s1. The predicted molar refractivity (Wildman–Crippen MR) is 120 cm³/mol. The maximum Gasteiger partial charge on any atom is 0.425 e. The molecule has 0 spiro atoms. The summed E-state index contributed by atoms with van der Waals surface area (Å²) in [6, 6.07) is 10.4. The topological polar surface area (TPSA) is 61.9 Å². The minimum absolute atomic E-state index is 0.0809. The summed E-state index contributed by atoms with van der Waals surface area (Å²) in [6.45, 7) is 3.19. The molecule has 0 aromatic heterocycles. The van der Waals surface area contributed by atoms with Gasteiger partial charge in [0.1, 0.15) is 5.75 Å². The van der Waals surface area contributed by atoms with Crippen LogP contribution in [0.1, 0.15) is 33.2 Å². The summed E-state index contributed by atoms with van der Waals surface area (Å²) >= 11 is 1.39. The number of nitrogens with one attached hydrogen (secondary N) is 1. The summed E-state index contributed by atoms with van der Waals surface area (Å²) < 4.78 is 44.2. The molecular formula is C23H24F3N3O3S. The number of hydrogen-bond donors (Lipinski definition) is 1. The molecule has 1 fully saturated rings. The van der Waals surface area contributed by atoms with Crippen molar-refractivity contribution in [2.24, 2.45) is 0 Å². The largest absolute Gasteiger partial charge is 0.480 e. The van der Waals surface area contributed by atoms with Crippen molar-refractivity contribution in [2.75, 3.05) is 37.3 Å². The molecule has 10 heteroatoms. The minimum atomic E-state index is -4.54. The van der Waals surface area contributed by atoms with Gasteiger partial charge in [-0.2, -0.15) is 13.2 Å². The van der Waals surface area contributed by atoms with Crippen molar-refractivity contribution in [3.63, 3.8) is 0 Å². The van der Waals surface area contributed by atoms with Crippen LogP contribution in [0.2, 0.25) is 0 Å². The molecule has 0 aliphatic carbocycles. The average Bonchev–Trinajstić information content (AvgIpc) is 3.19. The first-order valence-electron chi connectivity index (χ1n) is 10.5. The second-order valence-corrected chi connectivity index (χ2v) is 8.82. The number of carbonyl (C=O) groups excluding carboxylic acids is 2. The van der Waals surface area contributed by atoms with Gasteiger partial charge < -0.3 is 19.9 Å². The summed E-state index contributed by atoms with van der Waals surface area (Å²) in [4.78, 5) is 30.0. The van der Waals surface area contributed by atoms with E-state index in [-0.39, 0.29) is 23.1 Å². The van der Waals surface area contributed by atoms with Crippen molar-refractivity contribution in [1.82, 2.24) is 10.2 Å². The number of rotatable bonds is 5. The van der Waals surface area contributed by atoms with Crippen LogP contribution in [0.3, 0.4) is 0 Å². The van der Waals surface area contributed by atoms with Gasteiger partial charge in [0.15, 0.2) is 6.10 Å². The zero-order chi connectivity index (χ0) is 23.8. The fourth-order valence-corrected chi connectivity index (χ4v) is 4.45. The highest BCUT2D eigenvalue weighted by Crippen LogP contribution is 2.32. The van der Waals surface area contributed by atoms with E-state index in [1.54, 1.807) is 17.0 Å². The van der Waals surface area contributed by atoms with Crippen LogP contribution in [0.5, 0.6) is 5.75 Å². The van der Waals surface area contributed by atoms with Gasteiger partial charge in [0.2, 0.25) is 0 Å². The lowest BCUT2D eigenvalue weighted by Gasteiger charge is -2.37. The molecular weight excluding hydrogens is 455 g/mol. The van der Waals surface area contributed by atoms with Gasteiger partial charge in [0, 0.05) is 43.3 Å². The Morgan fingerprint density at radius 3 is 2.55 bits per heavy atom. The number of benzene rings is 2. The minimum Gasteiger partial charge on any atom is -0.480 e. The molecule has 2 aliphatic heterocycles. The Hall–Kier alpha value is -2.88. The third-order valence-corrected chi connectivity index (χ3v) is 6.61. The monoisotopic (exact) mass is 479 g/mol. The third kappa shape index (κ3) is 4.75. The van der Waals surface area contributed by atoms with E-state index in [2.05, 4.69) is 10.2 Å². The number of carbonyl (C=O) groups is 2. The lowest BCUT2D eigenvalue weighted by atomic mass is 10.1. The van der Waals surface area contributed by atoms with Crippen LogP contribution in [-0.4, -0.2) is 61.4 Å². The van der Waals surface area contributed by atoms with E-state index in [4.69, 9.17) is 4.74 Å². The number of hydrogen-bond acceptors (Lipinski definition) is 5. The molecule has 4 rings (SSSR count). The fourth-order valence-electron chi connectivity index (χ4n) is 4.01. The van der Waals surface area contributed by atoms with Gasteiger partial charge in [0.05, 0.1) is 11.1 Å². The number of amides is 2. The Morgan fingerprint density at radius 2 is 1.88 bits per heavy atom. The van der Waals surface area contributed by atoms with E-state index in [1.165, 1.54) is 17.8 Å². The Balaban J connectivity index is 1.51. The molecule has 0 saturated carbocycles. The molecule has 2 amide bonds. The maximum absolute atomic E-state index is 13.3. The lowest BCUT2D eigenvalue weighted by molar-refractivity contribution is -0.189. The molecule has 1 saturated heterocycles. The summed E-state index contributed by atoms with van der Waals surface area (Å²) in [5, 5.41) is 2.83. The van der Waals surface area contributed by atoms with E-state index in [0.717, 1.165) is 23.1 Å². The smallest absolute Gasteiger partial charge is 0.425 e. The quantitative estimate of drug-likeness (QED) is 0.659. The van der Waals surface area contributed by atoms with E-state index >= 15 is 0 Å². The number of anilines is 1. The molecule has 2 aromatic carbocycles. The number of piperazine rings is 1. The number of fused-ring (bicyclic) bond motifs is 1. The highest BCUT2D eigenvalue weighted by Gasteiger charge is 2.39. The summed E-state index contributed by atoms with van der Waals surface area (Å²) in [5.74, 6) is -0.554. The Kier molecular flexibility index (Phi) is 6.47. The van der Waals surface area contributed by atoms with Gasteiger partial charge in [0.25, 0.3) is 11.8 Å². The first-order chi connectivity index (χ1) is 15.7. The zero-order valence-electron chi connectivity index (χ0n) is 18.2. The predicted octanol–water partition coefficient (Wildman–Crippen LogP) is 3.94. The Bertz CT molecular complexity index is 1070. The van der Waals surface area contributed by atoms with Crippen LogP contribution in [0.4, 0.5) is 18.9 Å². The van der Waals surface area contributed by atoms with Crippen LogP contribution in [0.25, 0.3) is 0 Å². The molecule has 33 heavy (non-hydrogen) atoms. The molecule has 2 aliphatic rings. The van der Waals surface area contributed by atoms with Gasteiger partial charge in [-0.25, -0.2) is 0 Å².